The quantitative estimate of drug-likeness (QED) is 0.859. The first-order chi connectivity index (χ1) is 9.19. The second-order valence-electron chi connectivity index (χ2n) is 5.98. The minimum absolute atomic E-state index is 0.119. The van der Waals surface area contributed by atoms with Gasteiger partial charge in [-0.15, -0.1) is 5.10 Å². The molecule has 1 aliphatic heterocycles. The zero-order valence-corrected chi connectivity index (χ0v) is 11.8. The molecular weight excluding hydrogens is 269 g/mol. The van der Waals surface area contributed by atoms with Crippen molar-refractivity contribution in [3.8, 4) is 0 Å². The molecule has 20 heavy (non-hydrogen) atoms. The first kappa shape index (κ1) is 15.0. The maximum atomic E-state index is 13.0. The summed E-state index contributed by atoms with van der Waals surface area (Å²) in [6.07, 6.45) is -4.28. The molecule has 0 radical (unpaired) electrons. The maximum absolute atomic E-state index is 13.0. The molecule has 0 aromatic carbocycles. The number of piperazine rings is 1. The zero-order valence-electron chi connectivity index (χ0n) is 11.8. The Morgan fingerprint density at radius 3 is 2.40 bits per heavy atom. The van der Waals surface area contributed by atoms with Gasteiger partial charge in [-0.05, 0) is 12.1 Å². The molecule has 1 unspecified atom stereocenters. The van der Waals surface area contributed by atoms with Crippen LogP contribution in [0, 0.1) is 0 Å². The van der Waals surface area contributed by atoms with Crippen LogP contribution in [0.1, 0.15) is 26.5 Å². The highest BCUT2D eigenvalue weighted by atomic mass is 19.4. The normalized spacial score (nSPS) is 21.1. The number of rotatable bonds is 1. The fourth-order valence-corrected chi connectivity index (χ4v) is 2.15. The van der Waals surface area contributed by atoms with Crippen molar-refractivity contribution < 1.29 is 13.2 Å². The van der Waals surface area contributed by atoms with Crippen molar-refractivity contribution in [1.29, 1.82) is 0 Å². The Bertz CT molecular complexity index is 450. The summed E-state index contributed by atoms with van der Waals surface area (Å²) in [5, 5.41) is 10.8. The first-order valence-electron chi connectivity index (χ1n) is 6.58. The highest BCUT2D eigenvalue weighted by Gasteiger charge is 2.45. The van der Waals surface area contributed by atoms with Crippen molar-refractivity contribution in [3.63, 3.8) is 0 Å². The second kappa shape index (κ2) is 5.20. The van der Waals surface area contributed by atoms with E-state index in [1.165, 1.54) is 4.90 Å². The lowest BCUT2D eigenvalue weighted by Gasteiger charge is -2.37. The van der Waals surface area contributed by atoms with Crippen molar-refractivity contribution >= 4 is 5.82 Å². The monoisotopic (exact) mass is 288 g/mol. The van der Waals surface area contributed by atoms with Gasteiger partial charge in [0.15, 0.2) is 5.82 Å². The summed E-state index contributed by atoms with van der Waals surface area (Å²) in [6, 6.07) is 1.82. The lowest BCUT2D eigenvalue weighted by Crippen LogP contribution is -2.58. The average molecular weight is 288 g/mol. The van der Waals surface area contributed by atoms with Gasteiger partial charge in [0, 0.05) is 25.0 Å². The van der Waals surface area contributed by atoms with Crippen molar-refractivity contribution in [3.05, 3.63) is 17.8 Å². The lowest BCUT2D eigenvalue weighted by atomic mass is 9.92. The molecule has 1 N–H and O–H groups in total. The van der Waals surface area contributed by atoms with E-state index in [9.17, 15) is 13.2 Å². The van der Waals surface area contributed by atoms with E-state index in [2.05, 4.69) is 15.5 Å². The second-order valence-corrected chi connectivity index (χ2v) is 5.98. The van der Waals surface area contributed by atoms with Gasteiger partial charge in [-0.25, -0.2) is 0 Å². The van der Waals surface area contributed by atoms with Gasteiger partial charge in [-0.3, -0.25) is 0 Å². The molecule has 0 spiro atoms. The third kappa shape index (κ3) is 3.20. The van der Waals surface area contributed by atoms with E-state index in [0.29, 0.717) is 6.54 Å². The Labute approximate surface area is 116 Å². The Balaban J connectivity index is 2.25. The van der Waals surface area contributed by atoms with E-state index in [4.69, 9.17) is 0 Å². The van der Waals surface area contributed by atoms with Crippen LogP contribution in [0.25, 0.3) is 0 Å². The number of aromatic nitrogens is 2. The summed E-state index contributed by atoms with van der Waals surface area (Å²) in [5.74, 6) is 0.279. The molecule has 2 heterocycles. The zero-order chi connectivity index (χ0) is 15.0. The van der Waals surface area contributed by atoms with Crippen molar-refractivity contribution in [1.82, 2.24) is 15.5 Å². The van der Waals surface area contributed by atoms with Crippen LogP contribution in [-0.2, 0) is 5.41 Å². The molecule has 1 aromatic rings. The first-order valence-corrected chi connectivity index (χ1v) is 6.58. The lowest BCUT2D eigenvalue weighted by molar-refractivity contribution is -0.149. The topological polar surface area (TPSA) is 41.0 Å². The summed E-state index contributed by atoms with van der Waals surface area (Å²) in [7, 11) is 0. The number of alkyl halides is 3. The smallest absolute Gasteiger partial charge is 0.341 e. The predicted molar refractivity (Wildman–Crippen MR) is 70.8 cm³/mol. The molecule has 0 aliphatic carbocycles. The highest BCUT2D eigenvalue weighted by molar-refractivity contribution is 5.41. The van der Waals surface area contributed by atoms with Gasteiger partial charge in [-0.1, -0.05) is 20.8 Å². The van der Waals surface area contributed by atoms with Crippen LogP contribution in [-0.4, -0.2) is 42.0 Å². The van der Waals surface area contributed by atoms with E-state index in [1.807, 2.05) is 20.8 Å². The fourth-order valence-electron chi connectivity index (χ4n) is 2.15. The Morgan fingerprint density at radius 2 is 1.90 bits per heavy atom. The van der Waals surface area contributed by atoms with E-state index < -0.39 is 12.2 Å². The molecule has 112 valence electrons. The van der Waals surface area contributed by atoms with Gasteiger partial charge < -0.3 is 10.2 Å². The standard InChI is InChI=1S/C13H19F3N4/c1-12(2,3)9-4-5-11(19-18-9)20-7-6-17-8-10(20)13(14,15)16/h4-5,10,17H,6-8H2,1-3H3. The van der Waals surface area contributed by atoms with Gasteiger partial charge in [0.05, 0.1) is 5.69 Å². The fraction of sp³-hybridized carbons (Fsp3) is 0.692. The predicted octanol–water partition coefficient (Wildman–Crippen LogP) is 2.11. The van der Waals surface area contributed by atoms with E-state index >= 15 is 0 Å². The van der Waals surface area contributed by atoms with Crippen LogP contribution < -0.4 is 10.2 Å². The Morgan fingerprint density at radius 1 is 1.20 bits per heavy atom. The SMILES string of the molecule is CC(C)(C)c1ccc(N2CCNCC2C(F)(F)F)nn1. The molecule has 2 rings (SSSR count). The van der Waals surface area contributed by atoms with Crippen molar-refractivity contribution in [2.24, 2.45) is 0 Å². The molecule has 7 heteroatoms. The summed E-state index contributed by atoms with van der Waals surface area (Å²) in [4.78, 5) is 1.27. The molecule has 1 aliphatic rings. The molecule has 1 atom stereocenters. The number of nitrogens with zero attached hydrogens (tertiary/aromatic N) is 3. The largest absolute Gasteiger partial charge is 0.410 e. The maximum Gasteiger partial charge on any atom is 0.410 e. The summed E-state index contributed by atoms with van der Waals surface area (Å²) < 4.78 is 39.0. The number of nitrogens with one attached hydrogen (secondary N) is 1. The molecule has 0 bridgehead atoms. The third-order valence-electron chi connectivity index (χ3n) is 3.33. The molecule has 4 nitrogen and oxygen atoms in total. The summed E-state index contributed by atoms with van der Waals surface area (Å²) >= 11 is 0. The molecule has 0 amide bonds. The molecule has 1 saturated heterocycles. The average Bonchev–Trinajstić information content (AvgIpc) is 2.37. The van der Waals surface area contributed by atoms with Gasteiger partial charge in [0.1, 0.15) is 6.04 Å². The van der Waals surface area contributed by atoms with Crippen LogP contribution >= 0.6 is 0 Å². The number of halogens is 3. The van der Waals surface area contributed by atoms with Crippen LogP contribution in [0.3, 0.4) is 0 Å². The number of hydrogen-bond acceptors (Lipinski definition) is 4. The van der Waals surface area contributed by atoms with Crippen molar-refractivity contribution in [2.45, 2.75) is 38.4 Å². The van der Waals surface area contributed by atoms with Gasteiger partial charge in [-0.2, -0.15) is 18.3 Å². The van der Waals surface area contributed by atoms with Crippen LogP contribution in [0.4, 0.5) is 19.0 Å². The van der Waals surface area contributed by atoms with Crippen LogP contribution in [0.2, 0.25) is 0 Å². The van der Waals surface area contributed by atoms with Crippen LogP contribution in [0.15, 0.2) is 12.1 Å². The molecule has 1 aromatic heterocycles. The number of hydrogen-bond donors (Lipinski definition) is 1. The molecule has 1 fully saturated rings. The van der Waals surface area contributed by atoms with E-state index in [-0.39, 0.29) is 24.3 Å². The molecule has 0 saturated carbocycles. The van der Waals surface area contributed by atoms with Gasteiger partial charge in [0.25, 0.3) is 0 Å². The molecular formula is C13H19F3N4. The summed E-state index contributed by atoms with van der Waals surface area (Å²) in [5.41, 5.74) is 0.596. The minimum Gasteiger partial charge on any atom is -0.341 e. The van der Waals surface area contributed by atoms with E-state index in [1.54, 1.807) is 12.1 Å². The minimum atomic E-state index is -4.28. The highest BCUT2D eigenvalue weighted by Crippen LogP contribution is 2.29. The van der Waals surface area contributed by atoms with Crippen LogP contribution in [0.5, 0.6) is 0 Å². The van der Waals surface area contributed by atoms with E-state index in [0.717, 1.165) is 5.69 Å². The van der Waals surface area contributed by atoms with Crippen molar-refractivity contribution in [2.75, 3.05) is 24.5 Å². The summed E-state index contributed by atoms with van der Waals surface area (Å²) in [6.45, 7) is 6.62. The third-order valence-corrected chi connectivity index (χ3v) is 3.33. The Kier molecular flexibility index (Phi) is 3.90. The number of anilines is 1. The van der Waals surface area contributed by atoms with Gasteiger partial charge in [0.2, 0.25) is 0 Å². The van der Waals surface area contributed by atoms with Gasteiger partial charge >= 0.3 is 6.18 Å². The Hall–Kier alpha value is -1.37.